The number of nitrogens with zero attached hydrogens (tertiary/aromatic N) is 1. The maximum Gasteiger partial charge on any atom is 0.148 e. The van der Waals surface area contributed by atoms with Gasteiger partial charge in [0.1, 0.15) is 12.4 Å². The second-order valence-electron chi connectivity index (χ2n) is 2.99. The first kappa shape index (κ1) is 11.1. The first-order valence-electron chi connectivity index (χ1n) is 4.74. The molecule has 1 aromatic rings. The van der Waals surface area contributed by atoms with Crippen LogP contribution in [0.5, 0.6) is 5.75 Å². The van der Waals surface area contributed by atoms with E-state index in [2.05, 4.69) is 17.9 Å². The third-order valence-electron chi connectivity index (χ3n) is 2.00. The predicted octanol–water partition coefficient (Wildman–Crippen LogP) is 1.55. The van der Waals surface area contributed by atoms with E-state index < -0.39 is 0 Å². The van der Waals surface area contributed by atoms with E-state index in [1.54, 1.807) is 6.21 Å². The van der Waals surface area contributed by atoms with E-state index in [-0.39, 0.29) is 6.61 Å². The number of terminal acetylenes is 1. The zero-order valence-corrected chi connectivity index (χ0v) is 8.73. The highest BCUT2D eigenvalue weighted by Crippen LogP contribution is 2.20. The van der Waals surface area contributed by atoms with Crippen molar-refractivity contribution < 1.29 is 4.74 Å². The van der Waals surface area contributed by atoms with E-state index in [4.69, 9.17) is 17.0 Å². The van der Waals surface area contributed by atoms with Gasteiger partial charge in [-0.15, -0.1) is 6.42 Å². The van der Waals surface area contributed by atoms with E-state index in [1.165, 1.54) is 0 Å². The van der Waals surface area contributed by atoms with Crippen molar-refractivity contribution in [2.45, 2.75) is 13.3 Å². The Hall–Kier alpha value is -1.95. The minimum atomic E-state index is 0.289. The van der Waals surface area contributed by atoms with Crippen molar-refractivity contribution in [3.63, 3.8) is 0 Å². The number of benzene rings is 1. The Bertz CT molecular complexity index is 391. The van der Waals surface area contributed by atoms with Crippen LogP contribution in [0.2, 0.25) is 0 Å². The van der Waals surface area contributed by atoms with Crippen molar-refractivity contribution in [3.05, 3.63) is 29.3 Å². The highest BCUT2D eigenvalue weighted by Gasteiger charge is 2.02. The second-order valence-corrected chi connectivity index (χ2v) is 2.99. The van der Waals surface area contributed by atoms with Crippen molar-refractivity contribution >= 4 is 6.21 Å². The van der Waals surface area contributed by atoms with Crippen LogP contribution in [0.1, 0.15) is 18.1 Å². The molecule has 1 rings (SSSR count). The lowest BCUT2D eigenvalue weighted by Gasteiger charge is -2.08. The summed E-state index contributed by atoms with van der Waals surface area (Å²) in [5.41, 5.74) is 2.06. The van der Waals surface area contributed by atoms with E-state index in [0.29, 0.717) is 0 Å². The van der Waals surface area contributed by atoms with Gasteiger partial charge < -0.3 is 10.6 Å². The summed E-state index contributed by atoms with van der Waals surface area (Å²) in [6.07, 6.45) is 7.62. The van der Waals surface area contributed by atoms with Crippen molar-refractivity contribution in [1.82, 2.24) is 0 Å². The molecule has 0 amide bonds. The summed E-state index contributed by atoms with van der Waals surface area (Å²) in [4.78, 5) is 0. The molecule has 0 aliphatic carbocycles. The molecule has 0 aliphatic heterocycles. The molecule has 0 heterocycles. The largest absolute Gasteiger partial charge is 0.481 e. The zero-order chi connectivity index (χ0) is 11.1. The molecule has 2 N–H and O–H groups in total. The molecule has 3 heteroatoms. The van der Waals surface area contributed by atoms with Gasteiger partial charge in [0.25, 0.3) is 0 Å². The number of ether oxygens (including phenoxy) is 1. The highest BCUT2D eigenvalue weighted by atomic mass is 16.5. The molecular formula is C12H14N2O. The molecule has 0 unspecified atom stereocenters. The first-order valence-corrected chi connectivity index (χ1v) is 4.74. The zero-order valence-electron chi connectivity index (χ0n) is 8.73. The molecule has 0 fully saturated rings. The van der Waals surface area contributed by atoms with E-state index >= 15 is 0 Å². The Kier molecular flexibility index (Phi) is 4.24. The average molecular weight is 202 g/mol. The second kappa shape index (κ2) is 5.71. The standard InChI is InChI=1S/C12H14N2O/c1-3-7-15-12-6-5-10(9-14-13)8-11(12)4-2/h1,5-6,8-9H,4,7,13H2,2H3. The van der Waals surface area contributed by atoms with Gasteiger partial charge in [0, 0.05) is 0 Å². The Morgan fingerprint density at radius 3 is 3.00 bits per heavy atom. The average Bonchev–Trinajstić information content (AvgIpc) is 2.27. The van der Waals surface area contributed by atoms with Crippen LogP contribution in [0.15, 0.2) is 23.3 Å². The van der Waals surface area contributed by atoms with Gasteiger partial charge in [-0.25, -0.2) is 0 Å². The summed E-state index contributed by atoms with van der Waals surface area (Å²) < 4.78 is 5.40. The summed E-state index contributed by atoms with van der Waals surface area (Å²) in [7, 11) is 0. The molecule has 0 aromatic heterocycles. The molecule has 78 valence electrons. The number of rotatable bonds is 4. The fourth-order valence-corrected chi connectivity index (χ4v) is 1.30. The van der Waals surface area contributed by atoms with Gasteiger partial charge >= 0.3 is 0 Å². The predicted molar refractivity (Wildman–Crippen MR) is 61.9 cm³/mol. The Labute approximate surface area is 89.9 Å². The monoisotopic (exact) mass is 202 g/mol. The van der Waals surface area contributed by atoms with Crippen molar-refractivity contribution in [2.75, 3.05) is 6.61 Å². The number of nitrogens with two attached hydrogens (primary N) is 1. The summed E-state index contributed by atoms with van der Waals surface area (Å²) in [5, 5.41) is 3.47. The molecular weight excluding hydrogens is 188 g/mol. The van der Waals surface area contributed by atoms with Gasteiger partial charge in [-0.05, 0) is 35.7 Å². The van der Waals surface area contributed by atoms with Crippen molar-refractivity contribution in [2.24, 2.45) is 10.9 Å². The minimum Gasteiger partial charge on any atom is -0.481 e. The third kappa shape index (κ3) is 3.03. The molecule has 0 saturated heterocycles. The summed E-state index contributed by atoms with van der Waals surface area (Å²) in [5.74, 6) is 8.34. The molecule has 0 radical (unpaired) electrons. The maximum absolute atomic E-state index is 5.40. The first-order chi connectivity index (χ1) is 7.31. The fraction of sp³-hybridized carbons (Fsp3) is 0.250. The Balaban J connectivity index is 2.94. The minimum absolute atomic E-state index is 0.289. The normalized spacial score (nSPS) is 10.1. The van der Waals surface area contributed by atoms with Crippen LogP contribution in [0.25, 0.3) is 0 Å². The van der Waals surface area contributed by atoms with E-state index in [1.807, 2.05) is 18.2 Å². The van der Waals surface area contributed by atoms with Crippen LogP contribution in [-0.2, 0) is 6.42 Å². The maximum atomic E-state index is 5.40. The fourth-order valence-electron chi connectivity index (χ4n) is 1.30. The molecule has 0 spiro atoms. The van der Waals surface area contributed by atoms with Gasteiger partial charge in [-0.3, -0.25) is 0 Å². The van der Waals surface area contributed by atoms with Crippen LogP contribution < -0.4 is 10.6 Å². The van der Waals surface area contributed by atoms with E-state index in [9.17, 15) is 0 Å². The highest BCUT2D eigenvalue weighted by molar-refractivity contribution is 5.80. The number of hydrazone groups is 1. The van der Waals surface area contributed by atoms with Crippen molar-refractivity contribution in [1.29, 1.82) is 0 Å². The van der Waals surface area contributed by atoms with Crippen LogP contribution in [-0.4, -0.2) is 12.8 Å². The van der Waals surface area contributed by atoms with Gasteiger partial charge in [0.15, 0.2) is 0 Å². The van der Waals surface area contributed by atoms with Gasteiger partial charge in [-0.2, -0.15) is 5.10 Å². The molecule has 3 nitrogen and oxygen atoms in total. The number of hydrogen-bond donors (Lipinski definition) is 1. The Morgan fingerprint density at radius 1 is 1.60 bits per heavy atom. The summed E-state index contributed by atoms with van der Waals surface area (Å²) in [6, 6.07) is 5.76. The number of hydrogen-bond acceptors (Lipinski definition) is 3. The van der Waals surface area contributed by atoms with Gasteiger partial charge in [-0.1, -0.05) is 12.8 Å². The topological polar surface area (TPSA) is 47.6 Å². The third-order valence-corrected chi connectivity index (χ3v) is 2.00. The molecule has 0 atom stereocenters. The van der Waals surface area contributed by atoms with Crippen LogP contribution >= 0.6 is 0 Å². The van der Waals surface area contributed by atoms with Gasteiger partial charge in [0.2, 0.25) is 0 Å². The van der Waals surface area contributed by atoms with Crippen LogP contribution in [0, 0.1) is 12.3 Å². The molecule has 0 saturated carbocycles. The lowest BCUT2D eigenvalue weighted by molar-refractivity contribution is 0.366. The molecule has 1 aromatic carbocycles. The SMILES string of the molecule is C#CCOc1ccc(C=NN)cc1CC. The molecule has 0 bridgehead atoms. The lowest BCUT2D eigenvalue weighted by atomic mass is 10.1. The van der Waals surface area contributed by atoms with Crippen LogP contribution in [0.4, 0.5) is 0 Å². The lowest BCUT2D eigenvalue weighted by Crippen LogP contribution is -1.98. The van der Waals surface area contributed by atoms with E-state index in [0.717, 1.165) is 23.3 Å². The van der Waals surface area contributed by atoms with Crippen LogP contribution in [0.3, 0.4) is 0 Å². The summed E-state index contributed by atoms with van der Waals surface area (Å²) in [6.45, 7) is 2.35. The quantitative estimate of drug-likeness (QED) is 0.348. The smallest absolute Gasteiger partial charge is 0.148 e. The molecule has 0 aliphatic rings. The number of aryl methyl sites for hydroxylation is 1. The van der Waals surface area contributed by atoms with Gasteiger partial charge in [0.05, 0.1) is 6.21 Å². The van der Waals surface area contributed by atoms with Crippen molar-refractivity contribution in [3.8, 4) is 18.1 Å². The summed E-state index contributed by atoms with van der Waals surface area (Å²) >= 11 is 0. The molecule has 15 heavy (non-hydrogen) atoms. The Morgan fingerprint density at radius 2 is 2.40 bits per heavy atom.